The van der Waals surface area contributed by atoms with E-state index in [-0.39, 0.29) is 19.8 Å². The number of ether oxygens (including phenoxy) is 1. The van der Waals surface area contributed by atoms with Crippen molar-refractivity contribution in [2.45, 2.75) is 0 Å². The number of nitriles is 1. The summed E-state index contributed by atoms with van der Waals surface area (Å²) in [6, 6.07) is 8.21. The Morgan fingerprint density at radius 3 is 2.40 bits per heavy atom. The fourth-order valence-electron chi connectivity index (χ4n) is 1.67. The number of nitrogens with one attached hydrogen (secondary N) is 1. The Balaban J connectivity index is 1.96. The first-order valence-electron chi connectivity index (χ1n) is 5.81. The molecule has 1 N–H and O–H groups in total. The third kappa shape index (κ3) is 3.18. The summed E-state index contributed by atoms with van der Waals surface area (Å²) in [6.07, 6.45) is 0. The molecule has 1 fully saturated rings. The summed E-state index contributed by atoms with van der Waals surface area (Å²) in [7, 11) is 0. The van der Waals surface area contributed by atoms with Gasteiger partial charge in [0.25, 0.3) is 11.8 Å². The molecular weight excluding hydrogens is 262 g/mol. The highest BCUT2D eigenvalue weighted by molar-refractivity contribution is 6.03. The van der Waals surface area contributed by atoms with Gasteiger partial charge in [0.2, 0.25) is 5.91 Å². The summed E-state index contributed by atoms with van der Waals surface area (Å²) in [5.41, 5.74) is 0.962. The van der Waals surface area contributed by atoms with E-state index in [9.17, 15) is 14.4 Å². The molecule has 1 saturated heterocycles. The molecule has 0 aliphatic carbocycles. The Morgan fingerprint density at radius 2 is 1.85 bits per heavy atom. The van der Waals surface area contributed by atoms with E-state index in [1.807, 2.05) is 6.07 Å². The summed E-state index contributed by atoms with van der Waals surface area (Å²) in [4.78, 5) is 35.5. The molecular formula is C13H11N3O4. The Labute approximate surface area is 114 Å². The van der Waals surface area contributed by atoms with Crippen LogP contribution >= 0.6 is 0 Å². The van der Waals surface area contributed by atoms with Gasteiger partial charge >= 0.3 is 0 Å². The van der Waals surface area contributed by atoms with Crippen molar-refractivity contribution in [3.8, 4) is 6.07 Å². The van der Waals surface area contributed by atoms with Crippen LogP contribution in [-0.4, -0.2) is 42.4 Å². The average molecular weight is 273 g/mol. The van der Waals surface area contributed by atoms with Gasteiger partial charge in [0.1, 0.15) is 19.8 Å². The highest BCUT2D eigenvalue weighted by Gasteiger charge is 2.28. The number of amides is 3. The zero-order chi connectivity index (χ0) is 14.5. The number of benzene rings is 1. The summed E-state index contributed by atoms with van der Waals surface area (Å²) < 4.78 is 4.75. The van der Waals surface area contributed by atoms with Gasteiger partial charge in [-0.3, -0.25) is 19.3 Å². The normalized spacial score (nSPS) is 14.8. The number of rotatable bonds is 3. The molecule has 1 heterocycles. The molecule has 1 aliphatic rings. The van der Waals surface area contributed by atoms with E-state index < -0.39 is 17.7 Å². The van der Waals surface area contributed by atoms with Crippen LogP contribution in [0.4, 0.5) is 5.69 Å². The number of anilines is 1. The van der Waals surface area contributed by atoms with Crippen molar-refractivity contribution in [3.63, 3.8) is 0 Å². The third-order valence-electron chi connectivity index (χ3n) is 2.65. The van der Waals surface area contributed by atoms with E-state index in [4.69, 9.17) is 10.00 Å². The molecule has 1 aromatic carbocycles. The van der Waals surface area contributed by atoms with E-state index >= 15 is 0 Å². The molecule has 3 amide bonds. The Kier molecular flexibility index (Phi) is 4.08. The molecule has 1 aromatic rings. The highest BCUT2D eigenvalue weighted by Crippen LogP contribution is 2.09. The van der Waals surface area contributed by atoms with Gasteiger partial charge in [-0.1, -0.05) is 0 Å². The molecule has 0 spiro atoms. The number of imide groups is 1. The predicted octanol–water partition coefficient (Wildman–Crippen LogP) is -0.118. The summed E-state index contributed by atoms with van der Waals surface area (Å²) in [5, 5.41) is 11.2. The maximum Gasteiger partial charge on any atom is 0.255 e. The first kappa shape index (κ1) is 13.7. The monoisotopic (exact) mass is 273 g/mol. The van der Waals surface area contributed by atoms with Crippen molar-refractivity contribution in [2.75, 3.05) is 25.1 Å². The quantitative estimate of drug-likeness (QED) is 0.774. The number of carbonyl (C=O) groups excluding carboxylic acids is 3. The smallest absolute Gasteiger partial charge is 0.255 e. The van der Waals surface area contributed by atoms with E-state index in [1.165, 1.54) is 0 Å². The molecule has 2 rings (SSSR count). The van der Waals surface area contributed by atoms with Gasteiger partial charge in [-0.25, -0.2) is 0 Å². The van der Waals surface area contributed by atoms with Crippen molar-refractivity contribution in [2.24, 2.45) is 0 Å². The minimum atomic E-state index is -0.531. The number of hydrogen-bond donors (Lipinski definition) is 1. The Hall–Kier alpha value is -2.72. The lowest BCUT2D eigenvalue weighted by atomic mass is 10.2. The maximum atomic E-state index is 11.8. The Morgan fingerprint density at radius 1 is 1.25 bits per heavy atom. The van der Waals surface area contributed by atoms with Gasteiger partial charge in [-0.15, -0.1) is 0 Å². The molecule has 20 heavy (non-hydrogen) atoms. The van der Waals surface area contributed by atoms with Crippen molar-refractivity contribution < 1.29 is 19.1 Å². The van der Waals surface area contributed by atoms with Gasteiger partial charge in [0, 0.05) is 5.69 Å². The molecule has 1 aliphatic heterocycles. The lowest BCUT2D eigenvalue weighted by Gasteiger charge is -2.24. The second-order valence-corrected chi connectivity index (χ2v) is 4.10. The molecule has 7 heteroatoms. The zero-order valence-corrected chi connectivity index (χ0v) is 10.5. The molecule has 0 saturated carbocycles. The van der Waals surface area contributed by atoms with Gasteiger partial charge in [-0.2, -0.15) is 5.26 Å². The fourth-order valence-corrected chi connectivity index (χ4v) is 1.67. The van der Waals surface area contributed by atoms with Crippen LogP contribution in [0.1, 0.15) is 5.56 Å². The number of nitrogens with zero attached hydrogens (tertiary/aromatic N) is 2. The standard InChI is InChI=1S/C13H11N3O4/c14-5-9-1-3-10(4-2-9)15-11(17)6-16-12(18)7-20-8-13(16)19/h1-4H,6-8H2,(H,15,17). The topological polar surface area (TPSA) is 99.5 Å². The van der Waals surface area contributed by atoms with Crippen molar-refractivity contribution in [1.82, 2.24) is 4.90 Å². The van der Waals surface area contributed by atoms with Crippen LogP contribution in [0.5, 0.6) is 0 Å². The van der Waals surface area contributed by atoms with Crippen LogP contribution in [0.15, 0.2) is 24.3 Å². The predicted molar refractivity (Wildman–Crippen MR) is 67.3 cm³/mol. The molecule has 102 valence electrons. The lowest BCUT2D eigenvalue weighted by molar-refractivity contribution is -0.159. The minimum absolute atomic E-state index is 0.199. The first-order valence-corrected chi connectivity index (χ1v) is 5.81. The third-order valence-corrected chi connectivity index (χ3v) is 2.65. The van der Waals surface area contributed by atoms with Crippen LogP contribution in [0.3, 0.4) is 0 Å². The number of carbonyl (C=O) groups is 3. The summed E-state index contributed by atoms with van der Waals surface area (Å²) in [6.45, 7) is -0.743. The van der Waals surface area contributed by atoms with E-state index in [1.54, 1.807) is 24.3 Å². The average Bonchev–Trinajstić information content (AvgIpc) is 2.44. The largest absolute Gasteiger partial charge is 0.362 e. The van der Waals surface area contributed by atoms with Gasteiger partial charge in [0.15, 0.2) is 0 Å². The second-order valence-electron chi connectivity index (χ2n) is 4.10. The van der Waals surface area contributed by atoms with Crippen LogP contribution in [-0.2, 0) is 19.1 Å². The second kappa shape index (κ2) is 5.95. The summed E-state index contributed by atoms with van der Waals surface area (Å²) in [5.74, 6) is -1.55. The van der Waals surface area contributed by atoms with Crippen LogP contribution in [0.25, 0.3) is 0 Å². The van der Waals surface area contributed by atoms with Crippen molar-refractivity contribution in [1.29, 1.82) is 5.26 Å². The lowest BCUT2D eigenvalue weighted by Crippen LogP contribution is -2.49. The SMILES string of the molecule is N#Cc1ccc(NC(=O)CN2C(=O)COCC2=O)cc1. The van der Waals surface area contributed by atoms with Crippen molar-refractivity contribution >= 4 is 23.4 Å². The van der Waals surface area contributed by atoms with Crippen LogP contribution in [0, 0.1) is 11.3 Å². The molecule has 7 nitrogen and oxygen atoms in total. The van der Waals surface area contributed by atoms with Gasteiger partial charge in [0.05, 0.1) is 11.6 Å². The number of hydrogen-bond acceptors (Lipinski definition) is 5. The van der Waals surface area contributed by atoms with Gasteiger partial charge < -0.3 is 10.1 Å². The fraction of sp³-hybridized carbons (Fsp3) is 0.231. The Bertz CT molecular complexity index is 573. The zero-order valence-electron chi connectivity index (χ0n) is 10.5. The molecule has 0 aromatic heterocycles. The summed E-state index contributed by atoms with van der Waals surface area (Å²) >= 11 is 0. The molecule has 0 unspecified atom stereocenters. The maximum absolute atomic E-state index is 11.8. The van der Waals surface area contributed by atoms with Crippen LogP contribution in [0.2, 0.25) is 0 Å². The molecule has 0 radical (unpaired) electrons. The van der Waals surface area contributed by atoms with E-state index in [2.05, 4.69) is 5.32 Å². The first-order chi connectivity index (χ1) is 9.60. The molecule has 0 bridgehead atoms. The van der Waals surface area contributed by atoms with Gasteiger partial charge in [-0.05, 0) is 24.3 Å². The minimum Gasteiger partial charge on any atom is -0.362 e. The van der Waals surface area contributed by atoms with E-state index in [0.717, 1.165) is 4.90 Å². The molecule has 0 atom stereocenters. The van der Waals surface area contributed by atoms with E-state index in [0.29, 0.717) is 11.3 Å². The van der Waals surface area contributed by atoms with Crippen LogP contribution < -0.4 is 5.32 Å². The highest BCUT2D eigenvalue weighted by atomic mass is 16.5. The van der Waals surface area contributed by atoms with Crippen molar-refractivity contribution in [3.05, 3.63) is 29.8 Å². The number of morpholine rings is 1.